The Balaban J connectivity index is 1.45. The van der Waals surface area contributed by atoms with Gasteiger partial charge in [0.05, 0.1) is 19.3 Å². The van der Waals surface area contributed by atoms with Gasteiger partial charge < -0.3 is 14.7 Å². The molecule has 1 aliphatic rings. The minimum Gasteiger partial charge on any atom is -0.389 e. The van der Waals surface area contributed by atoms with E-state index in [1.54, 1.807) is 0 Å². The number of hydrogen-bond donors (Lipinski definition) is 1. The molecule has 0 spiro atoms. The van der Waals surface area contributed by atoms with E-state index in [0.717, 1.165) is 18.5 Å². The van der Waals surface area contributed by atoms with Crippen LogP contribution < -0.4 is 4.90 Å². The molecule has 3 nitrogen and oxygen atoms in total. The number of aliphatic hydroxyl groups is 1. The Kier molecular flexibility index (Phi) is 4.76. The van der Waals surface area contributed by atoms with Crippen LogP contribution in [0.1, 0.15) is 16.7 Å². The van der Waals surface area contributed by atoms with Gasteiger partial charge in [0, 0.05) is 18.8 Å². The molecular weight excluding hydrogens is 274 g/mol. The summed E-state index contributed by atoms with van der Waals surface area (Å²) in [5.41, 5.74) is 5.01. The molecule has 1 N–H and O–H groups in total. The average Bonchev–Trinajstić information content (AvgIpc) is 2.93. The summed E-state index contributed by atoms with van der Waals surface area (Å²) < 4.78 is 5.64. The second-order valence-corrected chi connectivity index (χ2v) is 5.98. The number of ether oxygens (including phenoxy) is 1. The lowest BCUT2D eigenvalue weighted by atomic mass is 10.2. The fourth-order valence-electron chi connectivity index (χ4n) is 2.90. The minimum atomic E-state index is -0.461. The number of anilines is 1. The summed E-state index contributed by atoms with van der Waals surface area (Å²) in [6, 6.07) is 16.7. The number of β-amino-alcohol motifs (C(OH)–C–C–N with tert-alkyl or cyclic N) is 1. The smallest absolute Gasteiger partial charge is 0.0948 e. The molecule has 3 rings (SSSR count). The molecule has 0 amide bonds. The van der Waals surface area contributed by atoms with Gasteiger partial charge >= 0.3 is 0 Å². The van der Waals surface area contributed by atoms with Crippen molar-refractivity contribution < 1.29 is 9.84 Å². The lowest BCUT2D eigenvalue weighted by molar-refractivity contribution is 0.0321. The molecule has 1 unspecified atom stereocenters. The standard InChI is InChI=1S/C19H23NO2/c1-15-6-8-16(9-7-15)13-22-14-18(21)12-20-11-10-17-4-2-3-5-19(17)20/h2-9,18,21H,10-14H2,1H3. The van der Waals surface area contributed by atoms with E-state index in [1.807, 2.05) is 0 Å². The lowest BCUT2D eigenvalue weighted by Gasteiger charge is -2.22. The van der Waals surface area contributed by atoms with Gasteiger partial charge in [-0.1, -0.05) is 48.0 Å². The molecule has 0 bridgehead atoms. The van der Waals surface area contributed by atoms with Crippen LogP contribution >= 0.6 is 0 Å². The SMILES string of the molecule is Cc1ccc(COCC(O)CN2CCc3ccccc32)cc1. The van der Waals surface area contributed by atoms with Crippen molar-refractivity contribution in [2.75, 3.05) is 24.6 Å². The van der Waals surface area contributed by atoms with Crippen LogP contribution in [0.3, 0.4) is 0 Å². The first-order chi connectivity index (χ1) is 10.7. The van der Waals surface area contributed by atoms with Crippen LogP contribution in [-0.4, -0.2) is 30.9 Å². The molecule has 0 fully saturated rings. The fraction of sp³-hybridized carbons (Fsp3) is 0.368. The van der Waals surface area contributed by atoms with Crippen molar-refractivity contribution >= 4 is 5.69 Å². The van der Waals surface area contributed by atoms with Crippen molar-refractivity contribution in [3.8, 4) is 0 Å². The predicted molar refractivity (Wildman–Crippen MR) is 89.2 cm³/mol. The maximum Gasteiger partial charge on any atom is 0.0948 e. The number of rotatable bonds is 6. The van der Waals surface area contributed by atoms with Gasteiger partial charge in [0.1, 0.15) is 0 Å². The highest BCUT2D eigenvalue weighted by Crippen LogP contribution is 2.27. The monoisotopic (exact) mass is 297 g/mol. The van der Waals surface area contributed by atoms with Crippen molar-refractivity contribution in [1.29, 1.82) is 0 Å². The van der Waals surface area contributed by atoms with E-state index in [9.17, 15) is 5.11 Å². The predicted octanol–water partition coefficient (Wildman–Crippen LogP) is 2.94. The number of hydrogen-bond acceptors (Lipinski definition) is 3. The van der Waals surface area contributed by atoms with E-state index in [4.69, 9.17) is 4.74 Å². The molecule has 3 heteroatoms. The molecule has 2 aromatic rings. The first kappa shape index (κ1) is 15.1. The molecule has 1 atom stereocenters. The summed E-state index contributed by atoms with van der Waals surface area (Å²) in [6.07, 6.45) is 0.601. The van der Waals surface area contributed by atoms with Gasteiger partial charge in [-0.15, -0.1) is 0 Å². The Morgan fingerprint density at radius 3 is 2.73 bits per heavy atom. The van der Waals surface area contributed by atoms with Crippen molar-refractivity contribution in [3.05, 3.63) is 65.2 Å². The summed E-state index contributed by atoms with van der Waals surface area (Å²) in [7, 11) is 0. The van der Waals surface area contributed by atoms with E-state index >= 15 is 0 Å². The minimum absolute atomic E-state index is 0.368. The highest BCUT2D eigenvalue weighted by Gasteiger charge is 2.20. The Morgan fingerprint density at radius 2 is 1.91 bits per heavy atom. The summed E-state index contributed by atoms with van der Waals surface area (Å²) in [5.74, 6) is 0. The quantitative estimate of drug-likeness (QED) is 0.890. The highest BCUT2D eigenvalue weighted by molar-refractivity contribution is 5.57. The van der Waals surface area contributed by atoms with Gasteiger partial charge in [-0.25, -0.2) is 0 Å². The van der Waals surface area contributed by atoms with Crippen LogP contribution in [0, 0.1) is 6.92 Å². The first-order valence-electron chi connectivity index (χ1n) is 7.86. The van der Waals surface area contributed by atoms with Gasteiger partial charge in [-0.2, -0.15) is 0 Å². The van der Waals surface area contributed by atoms with Crippen LogP contribution in [0.4, 0.5) is 5.69 Å². The fourth-order valence-corrected chi connectivity index (χ4v) is 2.90. The Labute approximate surface area is 132 Å². The lowest BCUT2D eigenvalue weighted by Crippen LogP contribution is -2.33. The van der Waals surface area contributed by atoms with Crippen LogP contribution in [-0.2, 0) is 17.8 Å². The van der Waals surface area contributed by atoms with Gasteiger partial charge in [-0.05, 0) is 30.5 Å². The van der Waals surface area contributed by atoms with E-state index in [0.29, 0.717) is 19.8 Å². The summed E-state index contributed by atoms with van der Waals surface area (Å²) in [6.45, 7) is 4.60. The normalized spacial score (nSPS) is 14.9. The van der Waals surface area contributed by atoms with Crippen LogP contribution in [0.25, 0.3) is 0 Å². The Hall–Kier alpha value is -1.84. The average molecular weight is 297 g/mol. The first-order valence-corrected chi connectivity index (χ1v) is 7.86. The van der Waals surface area contributed by atoms with E-state index in [-0.39, 0.29) is 0 Å². The largest absolute Gasteiger partial charge is 0.389 e. The summed E-state index contributed by atoms with van der Waals surface area (Å²) >= 11 is 0. The van der Waals surface area contributed by atoms with Gasteiger partial charge in [0.2, 0.25) is 0 Å². The number of fused-ring (bicyclic) bond motifs is 1. The van der Waals surface area contributed by atoms with Gasteiger partial charge in [0.15, 0.2) is 0 Å². The van der Waals surface area contributed by atoms with Crippen molar-refractivity contribution in [1.82, 2.24) is 0 Å². The molecule has 22 heavy (non-hydrogen) atoms. The van der Waals surface area contributed by atoms with E-state index < -0.39 is 6.10 Å². The summed E-state index contributed by atoms with van der Waals surface area (Å²) in [5, 5.41) is 10.2. The summed E-state index contributed by atoms with van der Waals surface area (Å²) in [4.78, 5) is 2.25. The third-order valence-electron chi connectivity index (χ3n) is 4.11. The number of nitrogens with zero attached hydrogens (tertiary/aromatic N) is 1. The maximum absolute atomic E-state index is 10.2. The molecule has 0 radical (unpaired) electrons. The topological polar surface area (TPSA) is 32.7 Å². The zero-order valence-corrected chi connectivity index (χ0v) is 13.0. The maximum atomic E-state index is 10.2. The van der Waals surface area contributed by atoms with Crippen LogP contribution in [0.5, 0.6) is 0 Å². The second kappa shape index (κ2) is 6.95. The zero-order valence-electron chi connectivity index (χ0n) is 13.0. The van der Waals surface area contributed by atoms with Crippen LogP contribution in [0.2, 0.25) is 0 Å². The van der Waals surface area contributed by atoms with Crippen molar-refractivity contribution in [3.63, 3.8) is 0 Å². The third-order valence-corrected chi connectivity index (χ3v) is 4.11. The molecule has 0 saturated carbocycles. The van der Waals surface area contributed by atoms with Crippen LogP contribution in [0.15, 0.2) is 48.5 Å². The molecule has 0 aromatic heterocycles. The molecular formula is C19H23NO2. The third kappa shape index (κ3) is 3.67. The molecule has 0 aliphatic carbocycles. The molecule has 1 heterocycles. The Morgan fingerprint density at radius 1 is 1.14 bits per heavy atom. The van der Waals surface area contributed by atoms with Gasteiger partial charge in [0.25, 0.3) is 0 Å². The molecule has 116 valence electrons. The Bertz CT molecular complexity index is 609. The molecule has 2 aromatic carbocycles. The molecule has 0 saturated heterocycles. The van der Waals surface area contributed by atoms with Gasteiger partial charge in [-0.3, -0.25) is 0 Å². The number of aryl methyl sites for hydroxylation is 1. The van der Waals surface area contributed by atoms with E-state index in [2.05, 4.69) is 60.4 Å². The van der Waals surface area contributed by atoms with Crippen molar-refractivity contribution in [2.45, 2.75) is 26.1 Å². The molecule has 1 aliphatic heterocycles. The van der Waals surface area contributed by atoms with Crippen molar-refractivity contribution in [2.24, 2.45) is 0 Å². The number of benzene rings is 2. The highest BCUT2D eigenvalue weighted by atomic mass is 16.5. The van der Waals surface area contributed by atoms with E-state index in [1.165, 1.54) is 16.8 Å². The second-order valence-electron chi connectivity index (χ2n) is 5.98. The number of aliphatic hydroxyl groups excluding tert-OH is 1. The zero-order chi connectivity index (χ0) is 15.4. The number of para-hydroxylation sites is 1.